The lowest BCUT2D eigenvalue weighted by Crippen LogP contribution is -2.41. The zero-order valence-corrected chi connectivity index (χ0v) is 14.8. The van der Waals surface area contributed by atoms with Crippen LogP contribution in [-0.2, 0) is 19.1 Å². The van der Waals surface area contributed by atoms with E-state index in [0.29, 0.717) is 11.4 Å². The number of carbonyl (C=O) groups excluding carboxylic acids is 3. The summed E-state index contributed by atoms with van der Waals surface area (Å²) in [4.78, 5) is 39.0. The van der Waals surface area contributed by atoms with Crippen molar-refractivity contribution in [2.45, 2.75) is 25.9 Å². The Hall–Kier alpha value is -3.08. The minimum absolute atomic E-state index is 0.0421. The molecule has 0 bridgehead atoms. The largest absolute Gasteiger partial charge is 0.482 e. The fraction of sp³-hybridized carbons (Fsp3) is 0.444. The first-order valence-electron chi connectivity index (χ1n) is 8.27. The Morgan fingerprint density at radius 3 is 2.88 bits per heavy atom. The van der Waals surface area contributed by atoms with E-state index in [1.807, 2.05) is 6.07 Å². The fourth-order valence-corrected chi connectivity index (χ4v) is 2.55. The summed E-state index contributed by atoms with van der Waals surface area (Å²) in [6.45, 7) is 1.82. The lowest BCUT2D eigenvalue weighted by molar-refractivity contribution is -0.158. The molecule has 1 aromatic rings. The minimum atomic E-state index is -0.945. The molecule has 0 spiro atoms. The quantitative estimate of drug-likeness (QED) is 0.676. The molecule has 8 heteroatoms. The lowest BCUT2D eigenvalue weighted by Gasteiger charge is -2.29. The normalized spacial score (nSPS) is 13.9. The molecular weight excluding hydrogens is 338 g/mol. The van der Waals surface area contributed by atoms with Crippen LogP contribution >= 0.6 is 0 Å². The summed E-state index contributed by atoms with van der Waals surface area (Å²) < 4.78 is 10.5. The second-order valence-electron chi connectivity index (χ2n) is 5.85. The van der Waals surface area contributed by atoms with Crippen molar-refractivity contribution in [3.63, 3.8) is 0 Å². The van der Waals surface area contributed by atoms with Crippen LogP contribution in [0.2, 0.25) is 0 Å². The highest BCUT2D eigenvalue weighted by Gasteiger charge is 2.27. The number of amides is 2. The summed E-state index contributed by atoms with van der Waals surface area (Å²) >= 11 is 0. The van der Waals surface area contributed by atoms with Gasteiger partial charge in [0.2, 0.25) is 0 Å². The third kappa shape index (κ3) is 4.72. The van der Waals surface area contributed by atoms with Crippen LogP contribution in [0.25, 0.3) is 0 Å². The fourth-order valence-electron chi connectivity index (χ4n) is 2.55. The molecule has 26 heavy (non-hydrogen) atoms. The molecule has 0 N–H and O–H groups in total. The van der Waals surface area contributed by atoms with E-state index in [0.717, 1.165) is 0 Å². The molecule has 1 aliphatic rings. The highest BCUT2D eigenvalue weighted by Crippen LogP contribution is 2.31. The molecular formula is C18H21N3O5. The number of nitrogens with zero attached hydrogens (tertiary/aromatic N) is 3. The Bertz CT molecular complexity index is 728. The maximum atomic E-state index is 12.1. The number of para-hydroxylation sites is 2. The molecule has 1 aliphatic heterocycles. The lowest BCUT2D eigenvalue weighted by atomic mass is 10.2. The number of fused-ring (bicyclic) bond motifs is 1. The highest BCUT2D eigenvalue weighted by molar-refractivity contribution is 5.98. The topological polar surface area (TPSA) is 99.9 Å². The second-order valence-corrected chi connectivity index (χ2v) is 5.85. The Morgan fingerprint density at radius 1 is 1.42 bits per heavy atom. The first-order valence-corrected chi connectivity index (χ1v) is 8.27. The number of nitriles is 1. The zero-order valence-electron chi connectivity index (χ0n) is 14.8. The van der Waals surface area contributed by atoms with Gasteiger partial charge in [-0.1, -0.05) is 12.1 Å². The summed E-state index contributed by atoms with van der Waals surface area (Å²) in [6, 6.07) is 9.04. The van der Waals surface area contributed by atoms with Crippen LogP contribution in [0.5, 0.6) is 5.75 Å². The van der Waals surface area contributed by atoms with Gasteiger partial charge in [0.15, 0.2) is 12.7 Å². The number of hydrogen-bond acceptors (Lipinski definition) is 6. The van der Waals surface area contributed by atoms with Crippen LogP contribution in [0.1, 0.15) is 19.8 Å². The summed E-state index contributed by atoms with van der Waals surface area (Å²) in [5.41, 5.74) is 0.608. The summed E-state index contributed by atoms with van der Waals surface area (Å²) in [5.74, 6) is -0.599. The number of carbonyl (C=O) groups is 3. The van der Waals surface area contributed by atoms with E-state index in [-0.39, 0.29) is 44.4 Å². The van der Waals surface area contributed by atoms with Crippen LogP contribution in [0.3, 0.4) is 0 Å². The van der Waals surface area contributed by atoms with Crippen LogP contribution in [0.15, 0.2) is 24.3 Å². The number of likely N-dealkylation sites (N-methyl/N-ethyl adjacent to an activating group) is 1. The van der Waals surface area contributed by atoms with Crippen molar-refractivity contribution in [1.82, 2.24) is 4.90 Å². The Labute approximate surface area is 151 Å². The number of rotatable bonds is 7. The summed E-state index contributed by atoms with van der Waals surface area (Å²) in [6.07, 6.45) is -0.778. The molecule has 0 aliphatic carbocycles. The van der Waals surface area contributed by atoms with Gasteiger partial charge in [-0.05, 0) is 19.1 Å². The van der Waals surface area contributed by atoms with Crippen molar-refractivity contribution in [3.8, 4) is 11.8 Å². The molecule has 0 radical (unpaired) electrons. The maximum Gasteiger partial charge on any atom is 0.308 e. The van der Waals surface area contributed by atoms with Gasteiger partial charge in [0.05, 0.1) is 24.6 Å². The van der Waals surface area contributed by atoms with Gasteiger partial charge in [0.1, 0.15) is 5.75 Å². The maximum absolute atomic E-state index is 12.1. The van der Waals surface area contributed by atoms with Gasteiger partial charge >= 0.3 is 5.97 Å². The summed E-state index contributed by atoms with van der Waals surface area (Å²) in [5, 5.41) is 8.55. The van der Waals surface area contributed by atoms with Gasteiger partial charge in [0, 0.05) is 20.1 Å². The van der Waals surface area contributed by atoms with E-state index in [2.05, 4.69) is 0 Å². The molecule has 2 amide bonds. The molecule has 0 saturated carbocycles. The van der Waals surface area contributed by atoms with Crippen molar-refractivity contribution in [2.75, 3.05) is 31.6 Å². The molecule has 0 saturated heterocycles. The average molecular weight is 359 g/mol. The molecule has 1 atom stereocenters. The van der Waals surface area contributed by atoms with E-state index in [1.165, 1.54) is 16.7 Å². The van der Waals surface area contributed by atoms with E-state index < -0.39 is 12.1 Å². The third-order valence-corrected chi connectivity index (χ3v) is 3.94. The monoisotopic (exact) mass is 359 g/mol. The Balaban J connectivity index is 1.88. The van der Waals surface area contributed by atoms with Gasteiger partial charge in [-0.2, -0.15) is 5.26 Å². The van der Waals surface area contributed by atoms with Gasteiger partial charge in [-0.25, -0.2) is 0 Å². The Morgan fingerprint density at radius 2 is 2.15 bits per heavy atom. The minimum Gasteiger partial charge on any atom is -0.482 e. The van der Waals surface area contributed by atoms with Crippen molar-refractivity contribution < 1.29 is 23.9 Å². The van der Waals surface area contributed by atoms with E-state index in [9.17, 15) is 14.4 Å². The highest BCUT2D eigenvalue weighted by atomic mass is 16.5. The van der Waals surface area contributed by atoms with Gasteiger partial charge in [-0.3, -0.25) is 14.4 Å². The number of ether oxygens (including phenoxy) is 2. The van der Waals surface area contributed by atoms with Crippen LogP contribution in [-0.4, -0.2) is 55.5 Å². The van der Waals surface area contributed by atoms with Crippen molar-refractivity contribution in [3.05, 3.63) is 24.3 Å². The average Bonchev–Trinajstić information content (AvgIpc) is 2.64. The standard InChI is InChI=1S/C18H21N3O5/c1-13(18(24)20(2)10-5-9-19)26-17(23)8-11-21-14-6-3-4-7-15(14)25-12-16(21)22/h3-4,6-7,13H,5,8,10-12H2,1-2H3/t13-/m0/s1. The number of hydrogen-bond donors (Lipinski definition) is 0. The van der Waals surface area contributed by atoms with Crippen molar-refractivity contribution in [2.24, 2.45) is 0 Å². The van der Waals surface area contributed by atoms with Crippen molar-refractivity contribution >= 4 is 23.5 Å². The van der Waals surface area contributed by atoms with E-state index in [4.69, 9.17) is 14.7 Å². The molecule has 0 aromatic heterocycles. The molecule has 138 valence electrons. The first kappa shape index (κ1) is 19.2. The SMILES string of the molecule is C[C@H](OC(=O)CCN1C(=O)COc2ccccc21)C(=O)N(C)CCC#N. The smallest absolute Gasteiger partial charge is 0.308 e. The molecule has 8 nitrogen and oxygen atoms in total. The van der Waals surface area contributed by atoms with Gasteiger partial charge in [0.25, 0.3) is 11.8 Å². The van der Waals surface area contributed by atoms with Crippen LogP contribution in [0, 0.1) is 11.3 Å². The second kappa shape index (κ2) is 8.85. The molecule has 2 rings (SSSR count). The van der Waals surface area contributed by atoms with E-state index in [1.54, 1.807) is 31.3 Å². The first-order chi connectivity index (χ1) is 12.4. The van der Waals surface area contributed by atoms with E-state index >= 15 is 0 Å². The molecule has 1 heterocycles. The predicted octanol–water partition coefficient (Wildman–Crippen LogP) is 1.11. The molecule has 0 fully saturated rings. The number of benzene rings is 1. The summed E-state index contributed by atoms with van der Waals surface area (Å²) in [7, 11) is 1.55. The Kier molecular flexibility index (Phi) is 6.55. The van der Waals surface area contributed by atoms with Crippen molar-refractivity contribution in [1.29, 1.82) is 5.26 Å². The zero-order chi connectivity index (χ0) is 19.1. The van der Waals surface area contributed by atoms with Crippen LogP contribution < -0.4 is 9.64 Å². The third-order valence-electron chi connectivity index (χ3n) is 3.94. The number of esters is 1. The number of anilines is 1. The predicted molar refractivity (Wildman–Crippen MR) is 92.3 cm³/mol. The van der Waals surface area contributed by atoms with Gasteiger partial charge < -0.3 is 19.3 Å². The van der Waals surface area contributed by atoms with Crippen LogP contribution in [0.4, 0.5) is 5.69 Å². The molecule has 1 aromatic carbocycles. The molecule has 0 unspecified atom stereocenters. The van der Waals surface area contributed by atoms with Gasteiger partial charge in [-0.15, -0.1) is 0 Å².